The first-order valence-electron chi connectivity index (χ1n) is 3.26. The molecule has 0 aromatic carbocycles. The summed E-state index contributed by atoms with van der Waals surface area (Å²) in [6.07, 6.45) is 0.377. The Morgan fingerprint density at radius 1 is 1.45 bits per heavy atom. The molecule has 0 rings (SSSR count). The van der Waals surface area contributed by atoms with E-state index in [2.05, 4.69) is 0 Å². The molecule has 0 aromatic rings. The van der Waals surface area contributed by atoms with E-state index in [-0.39, 0.29) is 11.1 Å². The molecule has 0 radical (unpaired) electrons. The molecule has 0 heterocycles. The zero-order valence-corrected chi connectivity index (χ0v) is 7.07. The van der Waals surface area contributed by atoms with Crippen LogP contribution < -0.4 is 0 Å². The minimum absolute atomic E-state index is 0.206. The highest BCUT2D eigenvalue weighted by molar-refractivity contribution is 7.88. The second-order valence-electron chi connectivity index (χ2n) is 2.02. The molecular weight excluding hydrogens is 176 g/mol. The fourth-order valence-electron chi connectivity index (χ4n) is 0.511. The van der Waals surface area contributed by atoms with Crippen LogP contribution in [0.3, 0.4) is 0 Å². The average Bonchev–Trinajstić information content (AvgIpc) is 1.88. The van der Waals surface area contributed by atoms with Gasteiger partial charge in [0.2, 0.25) is 10.0 Å². The smallest absolute Gasteiger partial charge is 0.242 e. The summed E-state index contributed by atoms with van der Waals surface area (Å²) in [4.78, 5) is 0. The van der Waals surface area contributed by atoms with Crippen molar-refractivity contribution in [3.05, 3.63) is 0 Å². The van der Waals surface area contributed by atoms with Crippen LogP contribution in [0.5, 0.6) is 0 Å². The number of nitrogens with zero attached hydrogens (tertiary/aromatic N) is 1. The van der Waals surface area contributed by atoms with Crippen molar-refractivity contribution in [2.75, 3.05) is 19.0 Å². The maximum Gasteiger partial charge on any atom is 0.242 e. The highest BCUT2D eigenvalue weighted by Crippen LogP contribution is 2.02. The Hall–Kier alpha value is -0.230. The zero-order valence-electron chi connectivity index (χ0n) is 6.26. The summed E-state index contributed by atoms with van der Waals surface area (Å²) in [6, 6.07) is 0. The molecule has 0 aromatic heterocycles. The van der Waals surface area contributed by atoms with Crippen LogP contribution in [0.25, 0.3) is 0 Å². The molecule has 0 saturated heterocycles. The Bertz CT molecular complexity index is 193. The summed E-state index contributed by atoms with van der Waals surface area (Å²) in [5, 5.41) is 0. The van der Waals surface area contributed by atoms with Crippen molar-refractivity contribution in [2.24, 2.45) is 0 Å². The van der Waals surface area contributed by atoms with Crippen LogP contribution in [0.15, 0.2) is 0 Å². The Labute approximate surface area is 65.0 Å². The predicted molar refractivity (Wildman–Crippen MR) is 37.9 cm³/mol. The van der Waals surface area contributed by atoms with Gasteiger partial charge >= 0.3 is 0 Å². The van der Waals surface area contributed by atoms with E-state index >= 15 is 0 Å². The number of alkyl halides is 1. The lowest BCUT2D eigenvalue weighted by molar-refractivity contribution is 0.139. The fraction of sp³-hybridized carbons (Fsp3) is 1.00. The topological polar surface area (TPSA) is 37.4 Å². The lowest BCUT2D eigenvalue weighted by Crippen LogP contribution is -2.27. The van der Waals surface area contributed by atoms with Gasteiger partial charge in [-0.25, -0.2) is 12.8 Å². The highest BCUT2D eigenvalue weighted by atomic mass is 32.2. The lowest BCUT2D eigenvalue weighted by Gasteiger charge is -2.08. The van der Waals surface area contributed by atoms with E-state index in [1.54, 1.807) is 6.92 Å². The quantitative estimate of drug-likeness (QED) is 0.599. The van der Waals surface area contributed by atoms with Crippen LogP contribution >= 0.6 is 0 Å². The van der Waals surface area contributed by atoms with Crippen molar-refractivity contribution in [1.82, 2.24) is 4.53 Å². The molecule has 3 nitrogen and oxygen atoms in total. The van der Waals surface area contributed by atoms with Gasteiger partial charge in [-0.05, 0) is 10.9 Å². The average molecular weight is 187 g/mol. The van der Waals surface area contributed by atoms with Gasteiger partial charge in [0.1, 0.15) is 6.67 Å². The van der Waals surface area contributed by atoms with E-state index in [4.69, 9.17) is 0 Å². The van der Waals surface area contributed by atoms with Crippen molar-refractivity contribution in [3.8, 4) is 0 Å². The van der Waals surface area contributed by atoms with Crippen molar-refractivity contribution >= 4 is 10.0 Å². The molecule has 0 bridgehead atoms. The van der Waals surface area contributed by atoms with Crippen LogP contribution in [-0.2, 0) is 10.0 Å². The molecule has 0 N–H and O–H groups in total. The molecule has 0 fully saturated rings. The van der Waals surface area contributed by atoms with Crippen molar-refractivity contribution < 1.29 is 17.3 Å². The van der Waals surface area contributed by atoms with Gasteiger partial charge < -0.3 is 0 Å². The van der Waals surface area contributed by atoms with Crippen LogP contribution in [0.4, 0.5) is 8.87 Å². The normalized spacial score (nSPS) is 12.4. The SMILES string of the molecule is CCCN(F)S(=O)(=O)CCF. The Morgan fingerprint density at radius 2 is 2.00 bits per heavy atom. The maximum absolute atomic E-state index is 12.4. The second kappa shape index (κ2) is 4.61. The number of sulfonamides is 1. The molecule has 0 aliphatic heterocycles. The van der Waals surface area contributed by atoms with Crippen LogP contribution in [0, 0.1) is 0 Å². The highest BCUT2D eigenvalue weighted by Gasteiger charge is 2.19. The first kappa shape index (κ1) is 10.8. The molecule has 0 saturated carbocycles. The third-order valence-electron chi connectivity index (χ3n) is 1.04. The van der Waals surface area contributed by atoms with Gasteiger partial charge in [0.15, 0.2) is 0 Å². The number of halogens is 2. The van der Waals surface area contributed by atoms with E-state index in [1.807, 2.05) is 0 Å². The molecule has 11 heavy (non-hydrogen) atoms. The molecule has 6 heteroatoms. The number of rotatable bonds is 5. The summed E-state index contributed by atoms with van der Waals surface area (Å²) in [7, 11) is -3.98. The number of hydrogen-bond donors (Lipinski definition) is 0. The summed E-state index contributed by atoms with van der Waals surface area (Å²) >= 11 is 0. The summed E-state index contributed by atoms with van der Waals surface area (Å²) in [5.41, 5.74) is 0. The Morgan fingerprint density at radius 3 is 2.36 bits per heavy atom. The van der Waals surface area contributed by atoms with Gasteiger partial charge in [-0.1, -0.05) is 6.92 Å². The third-order valence-corrected chi connectivity index (χ3v) is 2.49. The molecule has 0 aliphatic carbocycles. The van der Waals surface area contributed by atoms with Crippen molar-refractivity contribution in [2.45, 2.75) is 13.3 Å². The third kappa shape index (κ3) is 3.62. The minimum Gasteiger partial charge on any atom is -0.250 e. The largest absolute Gasteiger partial charge is 0.250 e. The molecule has 68 valence electrons. The van der Waals surface area contributed by atoms with Gasteiger partial charge in [0, 0.05) is 6.54 Å². The van der Waals surface area contributed by atoms with E-state index in [0.29, 0.717) is 6.42 Å². The van der Waals surface area contributed by atoms with Crippen molar-refractivity contribution in [3.63, 3.8) is 0 Å². The standard InChI is InChI=1S/C5H11F2NO2S/c1-2-4-8(7)11(9,10)5-3-6/h2-5H2,1H3. The van der Waals surface area contributed by atoms with Gasteiger partial charge in [0.25, 0.3) is 0 Å². The first-order valence-corrected chi connectivity index (χ1v) is 4.87. The van der Waals surface area contributed by atoms with E-state index in [1.165, 1.54) is 0 Å². The lowest BCUT2D eigenvalue weighted by atomic mass is 10.5. The van der Waals surface area contributed by atoms with E-state index in [9.17, 15) is 17.3 Å². The van der Waals surface area contributed by atoms with E-state index in [0.717, 1.165) is 0 Å². The van der Waals surface area contributed by atoms with Gasteiger partial charge in [0.05, 0.1) is 5.75 Å². The summed E-state index contributed by atoms with van der Waals surface area (Å²) in [5.74, 6) is -0.774. The molecule has 0 unspecified atom stereocenters. The van der Waals surface area contributed by atoms with Gasteiger partial charge in [-0.15, -0.1) is 4.48 Å². The van der Waals surface area contributed by atoms with Gasteiger partial charge in [-0.2, -0.15) is 0 Å². The Kier molecular flexibility index (Phi) is 4.51. The van der Waals surface area contributed by atoms with Gasteiger partial charge in [-0.3, -0.25) is 0 Å². The minimum atomic E-state index is -3.98. The monoisotopic (exact) mass is 187 g/mol. The zero-order chi connectivity index (χ0) is 8.91. The summed E-state index contributed by atoms with van der Waals surface area (Å²) in [6.45, 7) is 0.381. The molecule has 0 amide bonds. The maximum atomic E-state index is 12.4. The van der Waals surface area contributed by atoms with Crippen LogP contribution in [0.1, 0.15) is 13.3 Å². The molecular formula is C5H11F2NO2S. The van der Waals surface area contributed by atoms with Crippen LogP contribution in [0.2, 0.25) is 0 Å². The Balaban J connectivity index is 4.07. The first-order chi connectivity index (χ1) is 5.04. The second-order valence-corrected chi connectivity index (χ2v) is 3.98. The van der Waals surface area contributed by atoms with Crippen LogP contribution in [-0.4, -0.2) is 31.9 Å². The predicted octanol–water partition coefficient (Wildman–Crippen LogP) is 0.882. The molecule has 0 aliphatic rings. The molecule has 0 atom stereocenters. The van der Waals surface area contributed by atoms with E-state index < -0.39 is 22.5 Å². The fourth-order valence-corrected chi connectivity index (χ4v) is 1.37. The number of hydrogen-bond acceptors (Lipinski definition) is 2. The van der Waals surface area contributed by atoms with Crippen molar-refractivity contribution in [1.29, 1.82) is 0 Å². The molecule has 0 spiro atoms. The summed E-state index contributed by atoms with van der Waals surface area (Å²) < 4.78 is 44.9.